The van der Waals surface area contributed by atoms with E-state index in [1.54, 1.807) is 12.1 Å². The summed E-state index contributed by atoms with van der Waals surface area (Å²) < 4.78 is 15.2. The number of para-hydroxylation sites is 1. The molecule has 0 radical (unpaired) electrons. The molecule has 0 saturated heterocycles. The number of fused-ring (bicyclic) bond motifs is 1. The predicted octanol–water partition coefficient (Wildman–Crippen LogP) is -0.159. The number of aromatic amines is 1. The van der Waals surface area contributed by atoms with E-state index in [4.69, 9.17) is 0 Å². The summed E-state index contributed by atoms with van der Waals surface area (Å²) in [6, 6.07) is 6.33. The van der Waals surface area contributed by atoms with E-state index in [-0.39, 0.29) is 5.69 Å². The van der Waals surface area contributed by atoms with Crippen molar-refractivity contribution in [2.45, 2.75) is 26.4 Å². The fourth-order valence-electron chi connectivity index (χ4n) is 2.68. The van der Waals surface area contributed by atoms with Gasteiger partial charge in [-0.25, -0.2) is 13.8 Å². The quantitative estimate of drug-likeness (QED) is 0.722. The van der Waals surface area contributed by atoms with Crippen LogP contribution in [-0.4, -0.2) is 22.3 Å². The van der Waals surface area contributed by atoms with Crippen molar-refractivity contribution in [1.29, 1.82) is 0 Å². The van der Waals surface area contributed by atoms with Gasteiger partial charge in [-0.1, -0.05) is 12.1 Å². The number of aromatic nitrogens is 2. The van der Waals surface area contributed by atoms with Crippen LogP contribution >= 0.6 is 0 Å². The molecule has 3 rings (SSSR count). The van der Waals surface area contributed by atoms with Crippen LogP contribution in [0.2, 0.25) is 0 Å². The Morgan fingerprint density at radius 2 is 2.00 bits per heavy atom. The summed E-state index contributed by atoms with van der Waals surface area (Å²) in [7, 11) is 0. The van der Waals surface area contributed by atoms with E-state index in [9.17, 15) is 14.0 Å². The number of anilines is 1. The number of rotatable bonds is 2. The van der Waals surface area contributed by atoms with Crippen molar-refractivity contribution in [1.82, 2.24) is 9.55 Å². The van der Waals surface area contributed by atoms with Crippen LogP contribution in [0.1, 0.15) is 19.4 Å². The first kappa shape index (κ1) is 14.5. The average molecular weight is 305 g/mol. The van der Waals surface area contributed by atoms with Gasteiger partial charge in [0.2, 0.25) is 0 Å². The fourth-order valence-corrected chi connectivity index (χ4v) is 2.68. The zero-order chi connectivity index (χ0) is 15.9. The highest BCUT2D eigenvalue weighted by Crippen LogP contribution is 2.18. The molecule has 1 atom stereocenters. The van der Waals surface area contributed by atoms with Crippen molar-refractivity contribution < 1.29 is 9.29 Å². The summed E-state index contributed by atoms with van der Waals surface area (Å²) in [5.41, 5.74) is -0.467. The number of hydrogen-bond acceptors (Lipinski definition) is 3. The third kappa shape index (κ3) is 2.33. The van der Waals surface area contributed by atoms with Crippen LogP contribution in [0.5, 0.6) is 0 Å². The molecule has 0 bridgehead atoms. The zero-order valence-corrected chi connectivity index (χ0v) is 12.4. The Morgan fingerprint density at radius 1 is 1.27 bits per heavy atom. The van der Waals surface area contributed by atoms with Crippen LogP contribution in [0, 0.1) is 5.82 Å². The van der Waals surface area contributed by atoms with Crippen molar-refractivity contribution in [3.8, 4) is 5.69 Å². The summed E-state index contributed by atoms with van der Waals surface area (Å²) >= 11 is 0. The van der Waals surface area contributed by atoms with E-state index >= 15 is 0 Å². The Labute approximate surface area is 126 Å². The Bertz CT molecular complexity index is 825. The first-order valence-corrected chi connectivity index (χ1v) is 7.20. The standard InChI is InChI=1S/C15H17FN4O2/c1-9(2)19-7-10-13(17-8-19)20(15(22)18-14(10)21)12-6-4-3-5-11(12)16/h3-6,9,17H,7-8H2,1-2H3,(H,18,21,22)/p+1. The molecule has 1 aliphatic heterocycles. The second-order valence-electron chi connectivity index (χ2n) is 5.72. The SMILES string of the molecule is CC(C)[NH+]1CNc2c(c(=O)[nH]c(=O)n2-c2ccccc2F)C1. The molecule has 7 heteroatoms. The molecule has 1 aliphatic rings. The zero-order valence-electron chi connectivity index (χ0n) is 12.4. The van der Waals surface area contributed by atoms with Crippen LogP contribution in [-0.2, 0) is 6.54 Å². The summed E-state index contributed by atoms with van der Waals surface area (Å²) in [6.45, 7) is 5.18. The molecule has 2 aromatic rings. The second-order valence-corrected chi connectivity index (χ2v) is 5.72. The van der Waals surface area contributed by atoms with Gasteiger partial charge in [0.05, 0.1) is 11.7 Å². The van der Waals surface area contributed by atoms with Crippen LogP contribution in [0.25, 0.3) is 5.69 Å². The number of nitrogens with one attached hydrogen (secondary N) is 3. The minimum Gasteiger partial charge on any atom is -0.324 e. The minimum atomic E-state index is -0.644. The minimum absolute atomic E-state index is 0.125. The van der Waals surface area contributed by atoms with Crippen molar-refractivity contribution >= 4 is 5.82 Å². The van der Waals surface area contributed by atoms with Crippen LogP contribution in [0.3, 0.4) is 0 Å². The Kier molecular flexibility index (Phi) is 3.58. The number of benzene rings is 1. The Hall–Kier alpha value is -2.41. The highest BCUT2D eigenvalue weighted by Gasteiger charge is 2.27. The summed E-state index contributed by atoms with van der Waals surface area (Å²) in [5.74, 6) is -0.137. The molecule has 3 N–H and O–H groups in total. The lowest BCUT2D eigenvalue weighted by molar-refractivity contribution is -0.933. The fraction of sp³-hybridized carbons (Fsp3) is 0.333. The Balaban J connectivity index is 2.22. The lowest BCUT2D eigenvalue weighted by Gasteiger charge is -2.30. The molecule has 0 saturated carbocycles. The molecule has 1 aromatic heterocycles. The van der Waals surface area contributed by atoms with Crippen LogP contribution < -0.4 is 21.5 Å². The van der Waals surface area contributed by atoms with Gasteiger partial charge in [-0.05, 0) is 26.0 Å². The van der Waals surface area contributed by atoms with Gasteiger partial charge < -0.3 is 10.2 Å². The summed E-state index contributed by atoms with van der Waals surface area (Å²) in [5, 5.41) is 3.11. The topological polar surface area (TPSA) is 71.3 Å². The van der Waals surface area contributed by atoms with Crippen molar-refractivity contribution in [3.05, 3.63) is 56.5 Å². The lowest BCUT2D eigenvalue weighted by Crippen LogP contribution is -3.15. The number of quaternary nitrogens is 1. The number of nitrogens with zero attached hydrogens (tertiary/aromatic N) is 1. The van der Waals surface area contributed by atoms with Crippen molar-refractivity contribution in [2.75, 3.05) is 12.0 Å². The van der Waals surface area contributed by atoms with Gasteiger partial charge in [0.25, 0.3) is 5.56 Å². The van der Waals surface area contributed by atoms with E-state index in [1.165, 1.54) is 21.6 Å². The van der Waals surface area contributed by atoms with E-state index in [0.717, 1.165) is 0 Å². The number of halogens is 1. The van der Waals surface area contributed by atoms with Gasteiger partial charge in [-0.3, -0.25) is 9.78 Å². The van der Waals surface area contributed by atoms with E-state index in [0.29, 0.717) is 30.6 Å². The molecule has 0 fully saturated rings. The summed E-state index contributed by atoms with van der Waals surface area (Å²) in [6.07, 6.45) is 0. The molecule has 6 nitrogen and oxygen atoms in total. The third-order valence-electron chi connectivity index (χ3n) is 4.00. The molecular weight excluding hydrogens is 287 g/mol. The predicted molar refractivity (Wildman–Crippen MR) is 80.9 cm³/mol. The molecule has 0 spiro atoms. The molecule has 1 aromatic carbocycles. The summed E-state index contributed by atoms with van der Waals surface area (Å²) in [4.78, 5) is 27.7. The highest BCUT2D eigenvalue weighted by atomic mass is 19.1. The highest BCUT2D eigenvalue weighted by molar-refractivity contribution is 5.51. The van der Waals surface area contributed by atoms with Crippen molar-refractivity contribution in [2.24, 2.45) is 0 Å². The maximum atomic E-state index is 14.0. The van der Waals surface area contributed by atoms with Gasteiger partial charge in [0.1, 0.15) is 23.7 Å². The van der Waals surface area contributed by atoms with Gasteiger partial charge in [0.15, 0.2) is 6.67 Å². The smallest absolute Gasteiger partial charge is 0.324 e. The molecule has 0 aliphatic carbocycles. The number of H-pyrrole nitrogens is 1. The molecule has 2 heterocycles. The van der Waals surface area contributed by atoms with Crippen molar-refractivity contribution in [3.63, 3.8) is 0 Å². The normalized spacial score (nSPS) is 17.2. The van der Waals surface area contributed by atoms with E-state index in [2.05, 4.69) is 24.1 Å². The molecule has 0 amide bonds. The number of hydrogen-bond donors (Lipinski definition) is 3. The maximum Gasteiger partial charge on any atom is 0.334 e. The van der Waals surface area contributed by atoms with Crippen LogP contribution in [0.15, 0.2) is 33.9 Å². The first-order valence-electron chi connectivity index (χ1n) is 7.20. The monoisotopic (exact) mass is 305 g/mol. The maximum absolute atomic E-state index is 14.0. The molecule has 116 valence electrons. The lowest BCUT2D eigenvalue weighted by atomic mass is 10.2. The van der Waals surface area contributed by atoms with E-state index in [1.807, 2.05) is 0 Å². The molecule has 1 unspecified atom stereocenters. The van der Waals surface area contributed by atoms with E-state index < -0.39 is 17.1 Å². The Morgan fingerprint density at radius 3 is 2.68 bits per heavy atom. The van der Waals surface area contributed by atoms with Gasteiger partial charge in [0, 0.05) is 0 Å². The van der Waals surface area contributed by atoms with Gasteiger partial charge in [-0.2, -0.15) is 0 Å². The second kappa shape index (κ2) is 5.42. The van der Waals surface area contributed by atoms with Gasteiger partial charge in [-0.15, -0.1) is 0 Å². The largest absolute Gasteiger partial charge is 0.334 e. The molecular formula is C15H18FN4O2+. The molecule has 22 heavy (non-hydrogen) atoms. The average Bonchev–Trinajstić information content (AvgIpc) is 2.48. The van der Waals surface area contributed by atoms with Gasteiger partial charge >= 0.3 is 5.69 Å². The third-order valence-corrected chi connectivity index (χ3v) is 4.00. The first-order chi connectivity index (χ1) is 10.5. The van der Waals surface area contributed by atoms with Crippen LogP contribution in [0.4, 0.5) is 10.2 Å².